The Morgan fingerprint density at radius 2 is 1.75 bits per heavy atom. The molecule has 1 aromatic carbocycles. The average Bonchev–Trinajstić information content (AvgIpc) is 2.53. The largest absolute Gasteiger partial charge is 0.506 e. The molecule has 9 heteroatoms. The number of Topliss-reactive ketones (excluding diaryl/α,β-unsaturated/α-hetero) is 2. The van der Waals surface area contributed by atoms with Gasteiger partial charge < -0.3 is 9.84 Å². The Hall–Kier alpha value is -1.64. The quantitative estimate of drug-likeness (QED) is 0.307. The van der Waals surface area contributed by atoms with Gasteiger partial charge in [0, 0.05) is 32.7 Å². The highest BCUT2D eigenvalue weighted by Crippen LogP contribution is 2.39. The van der Waals surface area contributed by atoms with Gasteiger partial charge in [0.2, 0.25) is 0 Å². The molecule has 154 valence electrons. The predicted molar refractivity (Wildman–Crippen MR) is 112 cm³/mol. The zero-order chi connectivity index (χ0) is 21.3. The lowest BCUT2D eigenvalue weighted by atomic mass is 9.90. The summed E-state index contributed by atoms with van der Waals surface area (Å²) in [6.45, 7) is 6.74. The molecule has 0 bridgehead atoms. The van der Waals surface area contributed by atoms with Crippen LogP contribution >= 0.6 is 11.6 Å². The molecule has 1 N–H and O–H groups in total. The predicted octanol–water partition coefficient (Wildman–Crippen LogP) is 4.05. The normalized spacial score (nSPS) is 15.7. The summed E-state index contributed by atoms with van der Waals surface area (Å²) >= 11 is 6.38. The van der Waals surface area contributed by atoms with E-state index in [1.54, 1.807) is 0 Å². The van der Waals surface area contributed by atoms with Crippen LogP contribution in [-0.4, -0.2) is 46.0 Å². The topological polar surface area (TPSA) is 97.7 Å². The Kier molecular flexibility index (Phi) is 6.78. The van der Waals surface area contributed by atoms with Crippen molar-refractivity contribution in [3.63, 3.8) is 0 Å². The van der Waals surface area contributed by atoms with Gasteiger partial charge in [0.1, 0.15) is 16.2 Å². The summed E-state index contributed by atoms with van der Waals surface area (Å²) in [4.78, 5) is 24.1. The molecule has 0 saturated heterocycles. The summed E-state index contributed by atoms with van der Waals surface area (Å²) < 4.78 is 30.0. The van der Waals surface area contributed by atoms with E-state index >= 15 is 0 Å². The van der Waals surface area contributed by atoms with Crippen molar-refractivity contribution in [2.75, 3.05) is 12.9 Å². The molecule has 0 heterocycles. The highest BCUT2D eigenvalue weighted by atomic mass is 35.5. The van der Waals surface area contributed by atoms with E-state index in [1.807, 2.05) is 0 Å². The molecule has 0 spiro atoms. The average molecular weight is 445 g/mol. The Morgan fingerprint density at radius 1 is 1.18 bits per heavy atom. The van der Waals surface area contributed by atoms with Gasteiger partial charge in [0.15, 0.2) is 27.2 Å². The molecule has 1 saturated carbocycles. The van der Waals surface area contributed by atoms with E-state index in [1.165, 1.54) is 12.1 Å². The SMILES string of the molecule is C[Si](C)(C)CCOc1c(S(C)(=O)=O)ccc(C(O)=C2C(=O)CCCC2=O)c1Cl. The van der Waals surface area contributed by atoms with Crippen molar-refractivity contribution in [1.29, 1.82) is 0 Å². The van der Waals surface area contributed by atoms with Crippen LogP contribution in [0.2, 0.25) is 30.7 Å². The molecule has 1 aliphatic carbocycles. The van der Waals surface area contributed by atoms with Gasteiger partial charge in [-0.25, -0.2) is 8.42 Å². The summed E-state index contributed by atoms with van der Waals surface area (Å²) in [5, 5.41) is 10.5. The number of rotatable bonds is 6. The van der Waals surface area contributed by atoms with Crippen molar-refractivity contribution < 1.29 is 27.9 Å². The van der Waals surface area contributed by atoms with E-state index in [0.29, 0.717) is 6.42 Å². The Balaban J connectivity index is 2.57. The second-order valence-electron chi connectivity index (χ2n) is 8.11. The molecule has 2 rings (SSSR count). The fourth-order valence-electron chi connectivity index (χ4n) is 2.82. The van der Waals surface area contributed by atoms with Crippen LogP contribution < -0.4 is 4.74 Å². The van der Waals surface area contributed by atoms with E-state index in [9.17, 15) is 23.1 Å². The van der Waals surface area contributed by atoms with Crippen LogP contribution in [-0.2, 0) is 19.4 Å². The van der Waals surface area contributed by atoms with Crippen LogP contribution in [0.3, 0.4) is 0 Å². The molecule has 0 unspecified atom stereocenters. The van der Waals surface area contributed by atoms with Crippen LogP contribution in [0.4, 0.5) is 0 Å². The first-order valence-corrected chi connectivity index (χ1v) is 15.0. The number of benzene rings is 1. The number of hydrogen-bond acceptors (Lipinski definition) is 6. The monoisotopic (exact) mass is 444 g/mol. The molecule has 1 fully saturated rings. The van der Waals surface area contributed by atoms with Crippen LogP contribution in [0.15, 0.2) is 22.6 Å². The maximum Gasteiger partial charge on any atom is 0.179 e. The number of halogens is 1. The van der Waals surface area contributed by atoms with Gasteiger partial charge in [-0.15, -0.1) is 0 Å². The molecule has 0 aromatic heterocycles. The second kappa shape index (κ2) is 8.38. The van der Waals surface area contributed by atoms with Crippen LogP contribution in [0, 0.1) is 0 Å². The Morgan fingerprint density at radius 3 is 2.25 bits per heavy atom. The minimum Gasteiger partial charge on any atom is -0.506 e. The Bertz CT molecular complexity index is 926. The number of aliphatic hydroxyl groups excluding tert-OH is 1. The highest BCUT2D eigenvalue weighted by Gasteiger charge is 2.30. The summed E-state index contributed by atoms with van der Waals surface area (Å²) in [6.07, 6.45) is 1.82. The van der Waals surface area contributed by atoms with Gasteiger partial charge in [0.05, 0.1) is 11.6 Å². The lowest BCUT2D eigenvalue weighted by molar-refractivity contribution is -0.123. The van der Waals surface area contributed by atoms with Crippen molar-refractivity contribution in [2.24, 2.45) is 0 Å². The van der Waals surface area contributed by atoms with E-state index in [4.69, 9.17) is 16.3 Å². The first-order valence-electron chi connectivity index (χ1n) is 8.98. The standard InChI is InChI=1S/C19H25ClO6SSi/c1-27(24,25)15-9-8-12(17(20)19(15)26-10-11-28(2,3)4)18(23)16-13(21)6-5-7-14(16)22/h8-9,23H,5-7,10-11H2,1-4H3. The lowest BCUT2D eigenvalue weighted by Crippen LogP contribution is -2.23. The molecule has 0 atom stereocenters. The molecule has 0 radical (unpaired) electrons. The zero-order valence-corrected chi connectivity index (χ0v) is 19.0. The van der Waals surface area contributed by atoms with Crippen LogP contribution in [0.5, 0.6) is 5.75 Å². The van der Waals surface area contributed by atoms with Crippen LogP contribution in [0.25, 0.3) is 5.76 Å². The number of carbonyl (C=O) groups is 2. The fraction of sp³-hybridized carbons (Fsp3) is 0.474. The first-order chi connectivity index (χ1) is 12.8. The van der Waals surface area contributed by atoms with Crippen LogP contribution in [0.1, 0.15) is 24.8 Å². The fourth-order valence-corrected chi connectivity index (χ4v) is 4.71. The first kappa shape index (κ1) is 22.6. The summed E-state index contributed by atoms with van der Waals surface area (Å²) in [6, 6.07) is 3.34. The maximum absolute atomic E-state index is 12.1. The summed E-state index contributed by atoms with van der Waals surface area (Å²) in [7, 11) is -5.08. The number of hydrogen-bond donors (Lipinski definition) is 1. The van der Waals surface area contributed by atoms with E-state index in [-0.39, 0.29) is 46.3 Å². The van der Waals surface area contributed by atoms with E-state index in [2.05, 4.69) is 19.6 Å². The smallest absolute Gasteiger partial charge is 0.179 e. The number of allylic oxidation sites excluding steroid dienone is 1. The zero-order valence-electron chi connectivity index (χ0n) is 16.5. The number of carbonyl (C=O) groups excluding carboxylic acids is 2. The van der Waals surface area contributed by atoms with Crippen molar-refractivity contribution in [3.05, 3.63) is 28.3 Å². The summed E-state index contributed by atoms with van der Waals surface area (Å²) in [5.74, 6) is -1.49. The van der Waals surface area contributed by atoms with Gasteiger partial charge in [-0.2, -0.15) is 0 Å². The third-order valence-electron chi connectivity index (χ3n) is 4.42. The van der Waals surface area contributed by atoms with Crippen molar-refractivity contribution in [2.45, 2.75) is 49.8 Å². The highest BCUT2D eigenvalue weighted by molar-refractivity contribution is 7.90. The lowest BCUT2D eigenvalue weighted by Gasteiger charge is -2.20. The molecular formula is C19H25ClO6SSi. The van der Waals surface area contributed by atoms with Crippen molar-refractivity contribution in [1.82, 2.24) is 0 Å². The minimum atomic E-state index is -3.64. The van der Waals surface area contributed by atoms with Gasteiger partial charge in [-0.05, 0) is 24.6 Å². The van der Waals surface area contributed by atoms with E-state index in [0.717, 1.165) is 12.3 Å². The van der Waals surface area contributed by atoms with Gasteiger partial charge >= 0.3 is 0 Å². The third-order valence-corrected chi connectivity index (χ3v) is 7.62. The second-order valence-corrected chi connectivity index (χ2v) is 16.1. The molecule has 1 aliphatic rings. The van der Waals surface area contributed by atoms with Crippen molar-refractivity contribution >= 4 is 46.8 Å². The number of ketones is 2. The number of ether oxygens (including phenoxy) is 1. The minimum absolute atomic E-state index is 0.00988. The molecule has 0 aliphatic heterocycles. The number of sulfone groups is 1. The molecule has 28 heavy (non-hydrogen) atoms. The number of aliphatic hydroxyl groups is 1. The third kappa shape index (κ3) is 5.24. The molecular weight excluding hydrogens is 420 g/mol. The van der Waals surface area contributed by atoms with E-state index < -0.39 is 35.2 Å². The molecule has 6 nitrogen and oxygen atoms in total. The van der Waals surface area contributed by atoms with Gasteiger partial charge in [-0.1, -0.05) is 31.2 Å². The molecule has 0 amide bonds. The van der Waals surface area contributed by atoms with Gasteiger partial charge in [0.25, 0.3) is 0 Å². The molecule has 1 aromatic rings. The summed E-state index contributed by atoms with van der Waals surface area (Å²) in [5.41, 5.74) is -0.274. The van der Waals surface area contributed by atoms with Gasteiger partial charge in [-0.3, -0.25) is 9.59 Å². The maximum atomic E-state index is 12.1. The van der Waals surface area contributed by atoms with Crippen molar-refractivity contribution in [3.8, 4) is 5.75 Å². The Labute approximate surface area is 171 Å².